The molecule has 2 aromatic rings. The number of thiazole rings is 1. The molecule has 0 amide bonds. The third kappa shape index (κ3) is 3.65. The summed E-state index contributed by atoms with van der Waals surface area (Å²) in [6.07, 6.45) is 0.0399. The number of halogens is 1. The van der Waals surface area contributed by atoms with E-state index in [4.69, 9.17) is 0 Å². The molecule has 0 fully saturated rings. The van der Waals surface area contributed by atoms with E-state index in [1.165, 1.54) is 0 Å². The Morgan fingerprint density at radius 2 is 2.00 bits per heavy atom. The van der Waals surface area contributed by atoms with E-state index in [1.807, 2.05) is 24.3 Å². The zero-order valence-corrected chi connectivity index (χ0v) is 13.8. The number of aliphatic hydroxyl groups excluding tert-OH is 1. The molecule has 1 heterocycles. The summed E-state index contributed by atoms with van der Waals surface area (Å²) >= 11 is 5.09. The van der Waals surface area contributed by atoms with Crippen LogP contribution in [0.4, 0.5) is 0 Å². The Balaban J connectivity index is 2.14. The second-order valence-electron chi connectivity index (χ2n) is 5.62. The molecule has 1 N–H and O–H groups in total. The average molecular weight is 340 g/mol. The van der Waals surface area contributed by atoms with Crippen LogP contribution in [-0.4, -0.2) is 10.1 Å². The fourth-order valence-corrected chi connectivity index (χ4v) is 3.38. The molecule has 1 aromatic heterocycles. The van der Waals surface area contributed by atoms with Gasteiger partial charge in [-0.1, -0.05) is 54.9 Å². The van der Waals surface area contributed by atoms with Crippen LogP contribution in [0.15, 0.2) is 34.1 Å². The molecular weight excluding hydrogens is 322 g/mol. The van der Waals surface area contributed by atoms with Gasteiger partial charge in [0, 0.05) is 21.7 Å². The summed E-state index contributed by atoms with van der Waals surface area (Å²) in [7, 11) is 0. The van der Waals surface area contributed by atoms with Gasteiger partial charge in [-0.3, -0.25) is 0 Å². The average Bonchev–Trinajstić information content (AvgIpc) is 2.77. The highest BCUT2D eigenvalue weighted by molar-refractivity contribution is 9.10. The van der Waals surface area contributed by atoms with Crippen molar-refractivity contribution in [1.29, 1.82) is 0 Å². The quantitative estimate of drug-likeness (QED) is 0.894. The molecule has 1 unspecified atom stereocenters. The van der Waals surface area contributed by atoms with Crippen LogP contribution in [0.25, 0.3) is 0 Å². The van der Waals surface area contributed by atoms with Gasteiger partial charge in [0.15, 0.2) is 0 Å². The molecule has 0 aliphatic rings. The van der Waals surface area contributed by atoms with E-state index in [0.29, 0.717) is 6.42 Å². The minimum atomic E-state index is -0.519. The first-order valence-electron chi connectivity index (χ1n) is 6.25. The smallest absolute Gasteiger partial charge is 0.0957 e. The van der Waals surface area contributed by atoms with Crippen molar-refractivity contribution in [3.8, 4) is 0 Å². The van der Waals surface area contributed by atoms with E-state index in [9.17, 15) is 5.11 Å². The highest BCUT2D eigenvalue weighted by Gasteiger charge is 2.19. The third-order valence-corrected chi connectivity index (χ3v) is 4.55. The molecule has 0 saturated heterocycles. The molecule has 0 aliphatic heterocycles. The zero-order chi connectivity index (χ0) is 14.0. The maximum absolute atomic E-state index is 10.3. The molecule has 1 aromatic carbocycles. The molecular formula is C15H18BrNOS. The first-order chi connectivity index (χ1) is 8.88. The van der Waals surface area contributed by atoms with Gasteiger partial charge in [0.25, 0.3) is 0 Å². The predicted molar refractivity (Wildman–Crippen MR) is 83.6 cm³/mol. The summed E-state index contributed by atoms with van der Waals surface area (Å²) in [6.45, 7) is 6.45. The minimum Gasteiger partial charge on any atom is -0.388 e. The Hall–Kier alpha value is -0.710. The number of hydrogen-bond acceptors (Lipinski definition) is 3. The van der Waals surface area contributed by atoms with Crippen molar-refractivity contribution in [3.63, 3.8) is 0 Å². The zero-order valence-electron chi connectivity index (χ0n) is 11.4. The summed E-state index contributed by atoms with van der Waals surface area (Å²) in [5.74, 6) is 0. The van der Waals surface area contributed by atoms with Crippen LogP contribution < -0.4 is 0 Å². The van der Waals surface area contributed by atoms with Crippen molar-refractivity contribution in [1.82, 2.24) is 4.98 Å². The van der Waals surface area contributed by atoms with Crippen molar-refractivity contribution in [2.24, 2.45) is 0 Å². The van der Waals surface area contributed by atoms with E-state index < -0.39 is 6.10 Å². The fourth-order valence-electron chi connectivity index (χ4n) is 1.77. The number of rotatable bonds is 3. The summed E-state index contributed by atoms with van der Waals surface area (Å²) in [5.41, 5.74) is 2.06. The molecule has 0 aliphatic carbocycles. The summed E-state index contributed by atoms with van der Waals surface area (Å²) < 4.78 is 0.940. The van der Waals surface area contributed by atoms with E-state index in [0.717, 1.165) is 20.7 Å². The second kappa shape index (κ2) is 5.73. The molecule has 0 radical (unpaired) electrons. The lowest BCUT2D eigenvalue weighted by Crippen LogP contribution is -2.12. The first-order valence-corrected chi connectivity index (χ1v) is 7.92. The monoisotopic (exact) mass is 339 g/mol. The van der Waals surface area contributed by atoms with E-state index in [-0.39, 0.29) is 5.41 Å². The Morgan fingerprint density at radius 3 is 2.58 bits per heavy atom. The first kappa shape index (κ1) is 14.7. The topological polar surface area (TPSA) is 33.1 Å². The van der Waals surface area contributed by atoms with Crippen LogP contribution in [0.5, 0.6) is 0 Å². The maximum atomic E-state index is 10.3. The van der Waals surface area contributed by atoms with Gasteiger partial charge in [0.2, 0.25) is 0 Å². The Bertz CT molecular complexity index is 559. The lowest BCUT2D eigenvalue weighted by Gasteiger charge is -2.14. The number of aromatic nitrogens is 1. The van der Waals surface area contributed by atoms with Gasteiger partial charge in [-0.2, -0.15) is 0 Å². The van der Waals surface area contributed by atoms with E-state index >= 15 is 0 Å². The van der Waals surface area contributed by atoms with Crippen LogP contribution in [0.3, 0.4) is 0 Å². The lowest BCUT2D eigenvalue weighted by molar-refractivity contribution is 0.177. The van der Waals surface area contributed by atoms with E-state index in [1.54, 1.807) is 11.3 Å². The Kier molecular flexibility index (Phi) is 4.43. The third-order valence-electron chi connectivity index (χ3n) is 2.95. The Morgan fingerprint density at radius 1 is 1.32 bits per heavy atom. The molecule has 0 saturated carbocycles. The standard InChI is InChI=1S/C15H18BrNOS/c1-15(2,3)13-9-19-14(17-13)8-12(18)10-6-4-5-7-11(10)16/h4-7,9,12,18H,8H2,1-3H3. The molecule has 0 spiro atoms. The van der Waals surface area contributed by atoms with Crippen molar-refractivity contribution in [2.45, 2.75) is 38.7 Å². The maximum Gasteiger partial charge on any atom is 0.0957 e. The lowest BCUT2D eigenvalue weighted by atomic mass is 9.93. The Labute approximate surface area is 126 Å². The summed E-state index contributed by atoms with van der Waals surface area (Å²) in [6, 6.07) is 7.77. The highest BCUT2D eigenvalue weighted by atomic mass is 79.9. The SMILES string of the molecule is CC(C)(C)c1csc(CC(O)c2ccccc2Br)n1. The van der Waals surface area contributed by atoms with Crippen LogP contribution in [-0.2, 0) is 11.8 Å². The number of benzene rings is 1. The molecule has 4 heteroatoms. The minimum absolute atomic E-state index is 0.0625. The summed E-state index contributed by atoms with van der Waals surface area (Å²) in [4.78, 5) is 4.62. The highest BCUT2D eigenvalue weighted by Crippen LogP contribution is 2.29. The molecule has 1 atom stereocenters. The van der Waals surface area contributed by atoms with E-state index in [2.05, 4.69) is 47.1 Å². The molecule has 102 valence electrons. The molecule has 2 nitrogen and oxygen atoms in total. The number of aliphatic hydroxyl groups is 1. The van der Waals surface area contributed by atoms with Gasteiger partial charge in [0.1, 0.15) is 0 Å². The summed E-state index contributed by atoms with van der Waals surface area (Å²) in [5, 5.41) is 13.4. The van der Waals surface area contributed by atoms with Crippen molar-refractivity contribution in [3.05, 3.63) is 50.4 Å². The van der Waals surface area contributed by atoms with Gasteiger partial charge in [-0.05, 0) is 11.6 Å². The van der Waals surface area contributed by atoms with Gasteiger partial charge in [-0.25, -0.2) is 4.98 Å². The van der Waals surface area contributed by atoms with Crippen LogP contribution in [0, 0.1) is 0 Å². The predicted octanol–water partition coefficient (Wildman–Crippen LogP) is 4.48. The van der Waals surface area contributed by atoms with Gasteiger partial charge < -0.3 is 5.11 Å². The second-order valence-corrected chi connectivity index (χ2v) is 7.41. The van der Waals surface area contributed by atoms with Gasteiger partial charge in [-0.15, -0.1) is 11.3 Å². The van der Waals surface area contributed by atoms with Gasteiger partial charge in [0.05, 0.1) is 16.8 Å². The largest absolute Gasteiger partial charge is 0.388 e. The van der Waals surface area contributed by atoms with Crippen molar-refractivity contribution in [2.75, 3.05) is 0 Å². The van der Waals surface area contributed by atoms with Crippen molar-refractivity contribution >= 4 is 27.3 Å². The molecule has 0 bridgehead atoms. The fraction of sp³-hybridized carbons (Fsp3) is 0.400. The number of nitrogens with zero attached hydrogens (tertiary/aromatic N) is 1. The van der Waals surface area contributed by atoms with Crippen LogP contribution in [0.1, 0.15) is 43.1 Å². The van der Waals surface area contributed by atoms with Crippen molar-refractivity contribution < 1.29 is 5.11 Å². The normalized spacial score (nSPS) is 13.5. The molecule has 19 heavy (non-hydrogen) atoms. The van der Waals surface area contributed by atoms with Gasteiger partial charge >= 0.3 is 0 Å². The van der Waals surface area contributed by atoms with Crippen LogP contribution in [0.2, 0.25) is 0 Å². The van der Waals surface area contributed by atoms with Crippen LogP contribution >= 0.6 is 27.3 Å². The molecule has 2 rings (SSSR count). The number of hydrogen-bond donors (Lipinski definition) is 1.